The molecule has 20 heavy (non-hydrogen) atoms. The minimum Gasteiger partial charge on any atom is -0.497 e. The Balaban J connectivity index is 1.66. The summed E-state index contributed by atoms with van der Waals surface area (Å²) in [5.41, 5.74) is 2.50. The first-order valence-corrected chi connectivity index (χ1v) is 7.77. The quantitative estimate of drug-likeness (QED) is 0.796. The molecule has 0 bridgehead atoms. The van der Waals surface area contributed by atoms with E-state index < -0.39 is 0 Å². The Kier molecular flexibility index (Phi) is 5.56. The molecule has 1 aromatic heterocycles. The first-order valence-electron chi connectivity index (χ1n) is 6.95. The molecule has 1 aromatic carbocycles. The molecule has 0 amide bonds. The van der Waals surface area contributed by atoms with E-state index >= 15 is 0 Å². The fourth-order valence-electron chi connectivity index (χ4n) is 1.99. The number of nitrogens with zero attached hydrogens (tertiary/aromatic N) is 1. The van der Waals surface area contributed by atoms with E-state index in [-0.39, 0.29) is 0 Å². The lowest BCUT2D eigenvalue weighted by Crippen LogP contribution is -2.20. The third-order valence-electron chi connectivity index (χ3n) is 3.34. The Bertz CT molecular complexity index is 514. The molecule has 0 aliphatic rings. The molecule has 1 heterocycles. The number of aryl methyl sites for hydroxylation is 2. The molecule has 0 unspecified atom stereocenters. The smallest absolute Gasteiger partial charge is 0.118 e. The summed E-state index contributed by atoms with van der Waals surface area (Å²) in [6, 6.07) is 8.26. The fourth-order valence-corrected chi connectivity index (χ4v) is 2.92. The van der Waals surface area contributed by atoms with Crippen LogP contribution in [-0.4, -0.2) is 25.2 Å². The maximum absolute atomic E-state index is 5.15. The molecule has 3 nitrogen and oxygen atoms in total. The van der Waals surface area contributed by atoms with Gasteiger partial charge in [0.2, 0.25) is 0 Å². The molecule has 0 saturated carbocycles. The highest BCUT2D eigenvalue weighted by atomic mass is 32.1. The van der Waals surface area contributed by atoms with Crippen LogP contribution in [0.4, 0.5) is 0 Å². The van der Waals surface area contributed by atoms with Gasteiger partial charge in [0.25, 0.3) is 0 Å². The van der Waals surface area contributed by atoms with Gasteiger partial charge in [-0.15, -0.1) is 11.3 Å². The number of ether oxygens (including phenoxy) is 1. The Hall–Kier alpha value is -1.39. The van der Waals surface area contributed by atoms with Crippen molar-refractivity contribution in [1.82, 2.24) is 10.3 Å². The number of rotatable bonds is 7. The summed E-state index contributed by atoms with van der Waals surface area (Å²) in [6.45, 7) is 6.19. The van der Waals surface area contributed by atoms with Gasteiger partial charge in [0.05, 0.1) is 17.8 Å². The molecule has 0 spiro atoms. The highest BCUT2D eigenvalue weighted by Crippen LogP contribution is 2.16. The van der Waals surface area contributed by atoms with E-state index in [0.29, 0.717) is 0 Å². The molecule has 0 fully saturated rings. The van der Waals surface area contributed by atoms with Crippen LogP contribution < -0.4 is 10.1 Å². The van der Waals surface area contributed by atoms with E-state index in [1.807, 2.05) is 23.5 Å². The normalized spacial score (nSPS) is 10.8. The lowest BCUT2D eigenvalue weighted by molar-refractivity contribution is 0.414. The Labute approximate surface area is 125 Å². The lowest BCUT2D eigenvalue weighted by atomic mass is 10.1. The second-order valence-corrected chi connectivity index (χ2v) is 6.14. The Morgan fingerprint density at radius 2 is 1.80 bits per heavy atom. The SMILES string of the molecule is COc1ccc(CCNCCc2nc(C)c(C)s2)cc1. The zero-order chi connectivity index (χ0) is 14.4. The molecule has 0 aliphatic heterocycles. The monoisotopic (exact) mass is 290 g/mol. The maximum atomic E-state index is 5.15. The zero-order valence-corrected chi connectivity index (χ0v) is 13.2. The summed E-state index contributed by atoms with van der Waals surface area (Å²) in [4.78, 5) is 5.88. The van der Waals surface area contributed by atoms with E-state index in [1.54, 1.807) is 7.11 Å². The van der Waals surface area contributed by atoms with Gasteiger partial charge < -0.3 is 10.1 Å². The number of aromatic nitrogens is 1. The summed E-state index contributed by atoms with van der Waals surface area (Å²) in [5.74, 6) is 0.913. The molecule has 0 radical (unpaired) electrons. The molecule has 1 N–H and O–H groups in total. The van der Waals surface area contributed by atoms with Gasteiger partial charge in [-0.25, -0.2) is 4.98 Å². The molecule has 0 atom stereocenters. The molecule has 0 aliphatic carbocycles. The third-order valence-corrected chi connectivity index (χ3v) is 4.47. The first-order chi connectivity index (χ1) is 9.69. The highest BCUT2D eigenvalue weighted by Gasteiger charge is 2.02. The van der Waals surface area contributed by atoms with Crippen molar-refractivity contribution in [2.24, 2.45) is 0 Å². The predicted molar refractivity (Wildman–Crippen MR) is 84.9 cm³/mol. The molecular formula is C16H22N2OS. The zero-order valence-electron chi connectivity index (χ0n) is 12.4. The van der Waals surface area contributed by atoms with E-state index in [1.165, 1.54) is 21.1 Å². The average molecular weight is 290 g/mol. The van der Waals surface area contributed by atoms with E-state index in [0.717, 1.165) is 31.7 Å². The van der Waals surface area contributed by atoms with Gasteiger partial charge in [0, 0.05) is 17.8 Å². The van der Waals surface area contributed by atoms with Crippen molar-refractivity contribution in [3.63, 3.8) is 0 Å². The summed E-state index contributed by atoms with van der Waals surface area (Å²) in [5, 5.41) is 4.71. The van der Waals surface area contributed by atoms with Crippen molar-refractivity contribution < 1.29 is 4.74 Å². The maximum Gasteiger partial charge on any atom is 0.118 e. The summed E-state index contributed by atoms with van der Waals surface area (Å²) >= 11 is 1.81. The standard InChI is InChI=1S/C16H22N2OS/c1-12-13(2)20-16(18-12)9-11-17-10-8-14-4-6-15(19-3)7-5-14/h4-7,17H,8-11H2,1-3H3. The van der Waals surface area contributed by atoms with Gasteiger partial charge in [0.1, 0.15) is 5.75 Å². The van der Waals surface area contributed by atoms with E-state index in [9.17, 15) is 0 Å². The Morgan fingerprint density at radius 3 is 2.40 bits per heavy atom. The average Bonchev–Trinajstić information content (AvgIpc) is 2.78. The fraction of sp³-hybridized carbons (Fsp3) is 0.438. The summed E-state index contributed by atoms with van der Waals surface area (Å²) < 4.78 is 5.15. The topological polar surface area (TPSA) is 34.1 Å². The van der Waals surface area contributed by atoms with Gasteiger partial charge in [-0.2, -0.15) is 0 Å². The van der Waals surface area contributed by atoms with E-state index in [4.69, 9.17) is 4.74 Å². The van der Waals surface area contributed by atoms with Crippen LogP contribution in [-0.2, 0) is 12.8 Å². The van der Waals surface area contributed by atoms with Crippen molar-refractivity contribution in [1.29, 1.82) is 0 Å². The minimum absolute atomic E-state index is 0.913. The second kappa shape index (κ2) is 7.41. The number of hydrogen-bond donors (Lipinski definition) is 1. The predicted octanol–water partition coefficient (Wildman–Crippen LogP) is 3.14. The van der Waals surface area contributed by atoms with E-state index in [2.05, 4.69) is 36.3 Å². The number of nitrogens with one attached hydrogen (secondary N) is 1. The number of methoxy groups -OCH3 is 1. The molecule has 108 valence electrons. The largest absolute Gasteiger partial charge is 0.497 e. The summed E-state index contributed by atoms with van der Waals surface area (Å²) in [6.07, 6.45) is 2.06. The molecular weight excluding hydrogens is 268 g/mol. The summed E-state index contributed by atoms with van der Waals surface area (Å²) in [7, 11) is 1.69. The minimum atomic E-state index is 0.913. The number of hydrogen-bond acceptors (Lipinski definition) is 4. The van der Waals surface area contributed by atoms with Crippen LogP contribution in [0.1, 0.15) is 21.1 Å². The molecule has 4 heteroatoms. The van der Waals surface area contributed by atoms with Crippen molar-refractivity contribution in [2.45, 2.75) is 26.7 Å². The van der Waals surface area contributed by atoms with Gasteiger partial charge in [-0.3, -0.25) is 0 Å². The number of thiazole rings is 1. The van der Waals surface area contributed by atoms with Crippen molar-refractivity contribution in [3.8, 4) is 5.75 Å². The first kappa shape index (κ1) is 15.0. The highest BCUT2D eigenvalue weighted by molar-refractivity contribution is 7.11. The van der Waals surface area contributed by atoms with Gasteiger partial charge in [-0.05, 0) is 44.5 Å². The molecule has 2 aromatic rings. The van der Waals surface area contributed by atoms with Crippen LogP contribution >= 0.6 is 11.3 Å². The Morgan fingerprint density at radius 1 is 1.10 bits per heavy atom. The third kappa shape index (κ3) is 4.32. The second-order valence-electron chi connectivity index (χ2n) is 4.85. The van der Waals surface area contributed by atoms with Crippen molar-refractivity contribution in [2.75, 3.05) is 20.2 Å². The van der Waals surface area contributed by atoms with Gasteiger partial charge >= 0.3 is 0 Å². The van der Waals surface area contributed by atoms with Crippen molar-refractivity contribution in [3.05, 3.63) is 45.4 Å². The van der Waals surface area contributed by atoms with Crippen LogP contribution in [0.3, 0.4) is 0 Å². The molecule has 2 rings (SSSR count). The number of benzene rings is 1. The van der Waals surface area contributed by atoms with Crippen LogP contribution in [0.5, 0.6) is 5.75 Å². The van der Waals surface area contributed by atoms with Crippen LogP contribution in [0, 0.1) is 13.8 Å². The van der Waals surface area contributed by atoms with Crippen LogP contribution in [0.15, 0.2) is 24.3 Å². The van der Waals surface area contributed by atoms with Gasteiger partial charge in [-0.1, -0.05) is 12.1 Å². The lowest BCUT2D eigenvalue weighted by Gasteiger charge is -2.05. The van der Waals surface area contributed by atoms with Crippen LogP contribution in [0.2, 0.25) is 0 Å². The van der Waals surface area contributed by atoms with Crippen molar-refractivity contribution >= 4 is 11.3 Å². The van der Waals surface area contributed by atoms with Crippen LogP contribution in [0.25, 0.3) is 0 Å². The molecule has 0 saturated heterocycles. The van der Waals surface area contributed by atoms with Gasteiger partial charge in [0.15, 0.2) is 0 Å².